The van der Waals surface area contributed by atoms with Crippen LogP contribution in [0.3, 0.4) is 0 Å². The van der Waals surface area contributed by atoms with Gasteiger partial charge in [-0.2, -0.15) is 55.7 Å². The molecular formula is C12H16U. The molecule has 0 aliphatic rings. The zero-order valence-electron chi connectivity index (χ0n) is 8.65. The normalized spacial score (nSPS) is 9.85. The van der Waals surface area contributed by atoms with Crippen LogP contribution in [0, 0.1) is 43.1 Å². The molecule has 0 aliphatic heterocycles. The van der Waals surface area contributed by atoms with Crippen LogP contribution in [0.1, 0.15) is 31.9 Å². The molecule has 0 unspecified atom stereocenters. The van der Waals surface area contributed by atoms with E-state index in [0.29, 0.717) is 0 Å². The van der Waals surface area contributed by atoms with E-state index in [1.54, 1.807) is 0 Å². The third-order valence-corrected chi connectivity index (χ3v) is 1.89. The smallest absolute Gasteiger partial charge is 0.317 e. The molecule has 0 aliphatic carbocycles. The summed E-state index contributed by atoms with van der Waals surface area (Å²) in [4.78, 5) is 0. The van der Waals surface area contributed by atoms with Gasteiger partial charge in [-0.25, -0.2) is 0 Å². The average Bonchev–Trinajstić information content (AvgIpc) is 2.05. The van der Waals surface area contributed by atoms with E-state index in [9.17, 15) is 0 Å². The standard InChI is InChI=1S/C12H16.U/c1-4-11-5-7-12(8-6-11)9-10(2)3;/h5-7H,4,9H2,1-3H3;/q-2;+2. The fourth-order valence-electron chi connectivity index (χ4n) is 1.20. The van der Waals surface area contributed by atoms with Gasteiger partial charge in [0.25, 0.3) is 0 Å². The van der Waals surface area contributed by atoms with Crippen LogP contribution in [0.25, 0.3) is 0 Å². The SMILES string of the molecule is CCc1c[c-]c(C[C-](C)C)cc1.[U+2]. The number of hydrogen-bond acceptors (Lipinski definition) is 0. The molecule has 0 nitrogen and oxygen atoms in total. The topological polar surface area (TPSA) is 0 Å². The molecule has 0 aromatic heterocycles. The second-order valence-electron chi connectivity index (χ2n) is 3.46. The van der Waals surface area contributed by atoms with Gasteiger partial charge in [0, 0.05) is 0 Å². The van der Waals surface area contributed by atoms with Crippen molar-refractivity contribution in [3.05, 3.63) is 41.3 Å². The first-order valence-corrected chi connectivity index (χ1v) is 4.51. The summed E-state index contributed by atoms with van der Waals surface area (Å²) in [6.07, 6.45) is 2.16. The van der Waals surface area contributed by atoms with Crippen molar-refractivity contribution in [1.82, 2.24) is 0 Å². The van der Waals surface area contributed by atoms with E-state index in [1.165, 1.54) is 17.0 Å². The maximum absolute atomic E-state index is 3.30. The fourth-order valence-corrected chi connectivity index (χ4v) is 1.20. The monoisotopic (exact) mass is 398 g/mol. The Bertz CT molecular complexity index is 223. The molecular weight excluding hydrogens is 382 g/mol. The Balaban J connectivity index is 0.00000144. The van der Waals surface area contributed by atoms with Gasteiger partial charge in [-0.1, -0.05) is 13.3 Å². The van der Waals surface area contributed by atoms with Gasteiger partial charge in [0.15, 0.2) is 0 Å². The van der Waals surface area contributed by atoms with Gasteiger partial charge in [0.2, 0.25) is 0 Å². The Morgan fingerprint density at radius 2 is 2.00 bits per heavy atom. The van der Waals surface area contributed by atoms with Gasteiger partial charge < -0.3 is 5.92 Å². The molecule has 0 radical (unpaired) electrons. The second kappa shape index (κ2) is 6.69. The van der Waals surface area contributed by atoms with Gasteiger partial charge in [-0.15, -0.1) is 0 Å². The predicted octanol–water partition coefficient (Wildman–Crippen LogP) is 3.21. The Labute approximate surface area is 106 Å². The predicted molar refractivity (Wildman–Crippen MR) is 53.0 cm³/mol. The number of hydrogen-bond donors (Lipinski definition) is 0. The number of rotatable bonds is 3. The Morgan fingerprint density at radius 1 is 1.31 bits per heavy atom. The summed E-state index contributed by atoms with van der Waals surface area (Å²) in [7, 11) is 0. The summed E-state index contributed by atoms with van der Waals surface area (Å²) in [6, 6.07) is 9.76. The maximum Gasteiger partial charge on any atom is 2.00 e. The fraction of sp³-hybridized carbons (Fsp3) is 0.417. The van der Waals surface area contributed by atoms with Gasteiger partial charge in [0.05, 0.1) is 0 Å². The summed E-state index contributed by atoms with van der Waals surface area (Å²) in [5.41, 5.74) is 2.67. The first-order valence-electron chi connectivity index (χ1n) is 4.51. The van der Waals surface area contributed by atoms with E-state index in [-0.39, 0.29) is 31.1 Å². The Morgan fingerprint density at radius 3 is 2.38 bits per heavy atom. The summed E-state index contributed by atoms with van der Waals surface area (Å²) in [5.74, 6) is 1.44. The molecule has 1 heteroatoms. The van der Waals surface area contributed by atoms with Crippen molar-refractivity contribution in [3.8, 4) is 0 Å². The molecule has 0 saturated heterocycles. The van der Waals surface area contributed by atoms with Crippen LogP contribution in [0.5, 0.6) is 0 Å². The van der Waals surface area contributed by atoms with Crippen molar-refractivity contribution in [3.63, 3.8) is 0 Å². The van der Waals surface area contributed by atoms with Crippen LogP contribution in [-0.2, 0) is 12.8 Å². The van der Waals surface area contributed by atoms with Crippen molar-refractivity contribution in [2.45, 2.75) is 33.6 Å². The molecule has 0 atom stereocenters. The van der Waals surface area contributed by atoms with Crippen molar-refractivity contribution in [2.24, 2.45) is 0 Å². The molecule has 0 fully saturated rings. The molecule has 0 N–H and O–H groups in total. The van der Waals surface area contributed by atoms with Crippen molar-refractivity contribution >= 4 is 0 Å². The molecule has 68 valence electrons. The minimum Gasteiger partial charge on any atom is -0.317 e. The van der Waals surface area contributed by atoms with E-state index in [2.05, 4.69) is 45.0 Å². The largest absolute Gasteiger partial charge is 2.00 e. The van der Waals surface area contributed by atoms with Crippen molar-refractivity contribution in [1.29, 1.82) is 0 Å². The summed E-state index contributed by atoms with van der Waals surface area (Å²) in [5, 5.41) is 0. The average molecular weight is 398 g/mol. The van der Waals surface area contributed by atoms with Gasteiger partial charge in [-0.05, 0) is 0 Å². The van der Waals surface area contributed by atoms with Crippen molar-refractivity contribution < 1.29 is 31.1 Å². The van der Waals surface area contributed by atoms with Gasteiger partial charge in [-0.3, -0.25) is 0 Å². The number of benzene rings is 1. The first kappa shape index (κ1) is 13.3. The summed E-state index contributed by atoms with van der Waals surface area (Å²) < 4.78 is 0. The van der Waals surface area contributed by atoms with Crippen LogP contribution < -0.4 is 0 Å². The van der Waals surface area contributed by atoms with Crippen molar-refractivity contribution in [2.75, 3.05) is 0 Å². The maximum atomic E-state index is 3.30. The van der Waals surface area contributed by atoms with E-state index < -0.39 is 0 Å². The zero-order chi connectivity index (χ0) is 8.97. The van der Waals surface area contributed by atoms with E-state index in [1.807, 2.05) is 0 Å². The zero-order valence-corrected chi connectivity index (χ0v) is 12.8. The number of aryl methyl sites for hydroxylation is 1. The first-order chi connectivity index (χ1) is 5.72. The van der Waals surface area contributed by atoms with E-state index >= 15 is 0 Å². The molecule has 1 aromatic rings. The minimum atomic E-state index is 0. The quantitative estimate of drug-likeness (QED) is 0.687. The summed E-state index contributed by atoms with van der Waals surface area (Å²) in [6.45, 7) is 6.48. The molecule has 0 bridgehead atoms. The third-order valence-electron chi connectivity index (χ3n) is 1.89. The van der Waals surface area contributed by atoms with Crippen LogP contribution in [-0.4, -0.2) is 0 Å². The second-order valence-corrected chi connectivity index (χ2v) is 3.46. The Kier molecular flexibility index (Phi) is 6.83. The van der Waals surface area contributed by atoms with Crippen LogP contribution >= 0.6 is 0 Å². The van der Waals surface area contributed by atoms with Gasteiger partial charge >= 0.3 is 31.1 Å². The molecule has 1 rings (SSSR count). The molecule has 0 spiro atoms. The third kappa shape index (κ3) is 4.89. The molecule has 1 aromatic carbocycles. The molecule has 13 heavy (non-hydrogen) atoms. The molecule has 0 amide bonds. The summed E-state index contributed by atoms with van der Waals surface area (Å²) >= 11 is 0. The minimum absolute atomic E-state index is 0. The Hall–Kier alpha value is 0.272. The van der Waals surface area contributed by atoms with Gasteiger partial charge in [0.1, 0.15) is 0 Å². The van der Waals surface area contributed by atoms with Crippen LogP contribution in [0.4, 0.5) is 0 Å². The molecule has 0 heterocycles. The van der Waals surface area contributed by atoms with E-state index in [4.69, 9.17) is 0 Å². The van der Waals surface area contributed by atoms with Crippen LogP contribution in [0.2, 0.25) is 0 Å². The van der Waals surface area contributed by atoms with E-state index in [0.717, 1.165) is 12.8 Å². The van der Waals surface area contributed by atoms with Crippen LogP contribution in [0.15, 0.2) is 18.2 Å². The molecule has 0 saturated carbocycles.